The zero-order chi connectivity index (χ0) is 12.3. The highest BCUT2D eigenvalue weighted by Gasteiger charge is 2.13. The van der Waals surface area contributed by atoms with Crippen molar-refractivity contribution in [3.8, 4) is 0 Å². The fourth-order valence-corrected chi connectivity index (χ4v) is 2.04. The van der Waals surface area contributed by atoms with E-state index in [0.29, 0.717) is 11.0 Å². The Balaban J connectivity index is 2.24. The Bertz CT molecular complexity index is 492. The normalized spacial score (nSPS) is 12.6. The molecule has 2 N–H and O–H groups in total. The zero-order valence-electron chi connectivity index (χ0n) is 9.82. The number of furan rings is 1. The Hall–Kier alpha value is -1.25. The molecule has 1 aromatic carbocycles. The van der Waals surface area contributed by atoms with Gasteiger partial charge in [-0.05, 0) is 41.3 Å². The maximum atomic E-state index is 6.14. The highest BCUT2D eigenvalue weighted by Crippen LogP contribution is 2.24. The van der Waals surface area contributed by atoms with Crippen LogP contribution in [0.25, 0.3) is 0 Å². The van der Waals surface area contributed by atoms with Gasteiger partial charge in [-0.3, -0.25) is 0 Å². The second-order valence-electron chi connectivity index (χ2n) is 4.11. The van der Waals surface area contributed by atoms with Gasteiger partial charge in [0.1, 0.15) is 5.76 Å². The van der Waals surface area contributed by atoms with Gasteiger partial charge in [-0.1, -0.05) is 37.6 Å². The van der Waals surface area contributed by atoms with Gasteiger partial charge in [-0.2, -0.15) is 0 Å². The molecule has 0 aliphatic carbocycles. The molecule has 1 heterocycles. The van der Waals surface area contributed by atoms with Gasteiger partial charge in [-0.15, -0.1) is 0 Å². The van der Waals surface area contributed by atoms with E-state index in [1.807, 2.05) is 18.2 Å². The summed E-state index contributed by atoms with van der Waals surface area (Å²) >= 11 is 5.75. The van der Waals surface area contributed by atoms with Crippen LogP contribution in [0.15, 0.2) is 40.8 Å². The van der Waals surface area contributed by atoms with Crippen LogP contribution in [0.4, 0.5) is 0 Å². The Labute approximate surface area is 106 Å². The van der Waals surface area contributed by atoms with Crippen LogP contribution in [-0.4, -0.2) is 0 Å². The molecule has 0 bridgehead atoms. The van der Waals surface area contributed by atoms with E-state index in [1.54, 1.807) is 6.07 Å². The third-order valence-electron chi connectivity index (χ3n) is 2.75. The molecule has 3 heteroatoms. The lowest BCUT2D eigenvalue weighted by Crippen LogP contribution is -2.11. The molecular weight excluding hydrogens is 234 g/mol. The topological polar surface area (TPSA) is 39.2 Å². The highest BCUT2D eigenvalue weighted by atomic mass is 35.5. The average Bonchev–Trinajstić information content (AvgIpc) is 2.76. The quantitative estimate of drug-likeness (QED) is 0.892. The van der Waals surface area contributed by atoms with Crippen LogP contribution in [0.2, 0.25) is 5.22 Å². The minimum absolute atomic E-state index is 0.251. The van der Waals surface area contributed by atoms with E-state index < -0.39 is 0 Å². The van der Waals surface area contributed by atoms with E-state index in [0.717, 1.165) is 18.4 Å². The van der Waals surface area contributed by atoms with Crippen LogP contribution >= 0.6 is 11.6 Å². The van der Waals surface area contributed by atoms with Crippen molar-refractivity contribution in [3.63, 3.8) is 0 Å². The zero-order valence-corrected chi connectivity index (χ0v) is 10.6. The Morgan fingerprint density at radius 2 is 2.12 bits per heavy atom. The number of rotatable bonds is 4. The lowest BCUT2D eigenvalue weighted by Gasteiger charge is -2.10. The Morgan fingerprint density at radius 1 is 1.29 bits per heavy atom. The van der Waals surface area contributed by atoms with E-state index in [4.69, 9.17) is 21.8 Å². The molecule has 2 aromatic rings. The van der Waals surface area contributed by atoms with Gasteiger partial charge in [0.2, 0.25) is 0 Å². The van der Waals surface area contributed by atoms with Gasteiger partial charge in [-0.25, -0.2) is 0 Å². The van der Waals surface area contributed by atoms with Gasteiger partial charge in [0.05, 0.1) is 6.04 Å². The molecular formula is C14H16ClNO. The highest BCUT2D eigenvalue weighted by molar-refractivity contribution is 6.28. The summed E-state index contributed by atoms with van der Waals surface area (Å²) in [4.78, 5) is 0. The first kappa shape index (κ1) is 12.2. The molecule has 90 valence electrons. The first-order chi connectivity index (χ1) is 8.20. The molecule has 1 aromatic heterocycles. The summed E-state index contributed by atoms with van der Waals surface area (Å²) in [6, 6.07) is 11.6. The van der Waals surface area contributed by atoms with E-state index in [2.05, 4.69) is 19.1 Å². The minimum atomic E-state index is -0.251. The molecule has 0 radical (unpaired) electrons. The Morgan fingerprint density at radius 3 is 2.76 bits per heavy atom. The van der Waals surface area contributed by atoms with Crippen molar-refractivity contribution in [1.82, 2.24) is 0 Å². The number of hydrogen-bond acceptors (Lipinski definition) is 2. The molecule has 0 fully saturated rings. The predicted octanol–water partition coefficient (Wildman–Crippen LogP) is 3.93. The Kier molecular flexibility index (Phi) is 3.87. The molecule has 0 amide bonds. The maximum Gasteiger partial charge on any atom is 0.193 e. The van der Waals surface area contributed by atoms with Crippen molar-refractivity contribution in [2.24, 2.45) is 5.73 Å². The fourth-order valence-electron chi connectivity index (χ4n) is 1.89. The summed E-state index contributed by atoms with van der Waals surface area (Å²) in [7, 11) is 0. The third-order valence-corrected chi connectivity index (χ3v) is 2.95. The molecule has 17 heavy (non-hydrogen) atoms. The molecule has 0 spiro atoms. The number of benzene rings is 1. The summed E-state index contributed by atoms with van der Waals surface area (Å²) in [6.45, 7) is 2.17. The van der Waals surface area contributed by atoms with Crippen LogP contribution in [-0.2, 0) is 6.42 Å². The summed E-state index contributed by atoms with van der Waals surface area (Å²) in [5.41, 5.74) is 8.50. The van der Waals surface area contributed by atoms with Gasteiger partial charge in [0.15, 0.2) is 5.22 Å². The van der Waals surface area contributed by atoms with E-state index >= 15 is 0 Å². The van der Waals surface area contributed by atoms with Crippen LogP contribution in [0, 0.1) is 0 Å². The van der Waals surface area contributed by atoms with Crippen LogP contribution in [0.3, 0.4) is 0 Å². The van der Waals surface area contributed by atoms with Crippen molar-refractivity contribution >= 4 is 11.6 Å². The predicted molar refractivity (Wildman–Crippen MR) is 70.2 cm³/mol. The van der Waals surface area contributed by atoms with Crippen molar-refractivity contribution in [1.29, 1.82) is 0 Å². The minimum Gasteiger partial charge on any atom is -0.448 e. The average molecular weight is 250 g/mol. The van der Waals surface area contributed by atoms with Gasteiger partial charge >= 0.3 is 0 Å². The fraction of sp³-hybridized carbons (Fsp3) is 0.286. The second kappa shape index (κ2) is 5.39. The molecule has 0 aliphatic rings. The summed E-state index contributed by atoms with van der Waals surface area (Å²) in [6.07, 6.45) is 2.20. The first-order valence-electron chi connectivity index (χ1n) is 5.80. The molecule has 0 saturated carbocycles. The lowest BCUT2D eigenvalue weighted by atomic mass is 10.0. The standard InChI is InChI=1S/C14H16ClNO/c1-2-4-10-5-3-6-11(9-10)14(16)12-7-8-13(15)17-12/h3,5-9,14H,2,4,16H2,1H3. The number of hydrogen-bond donors (Lipinski definition) is 1. The van der Waals surface area contributed by atoms with Crippen molar-refractivity contribution in [2.75, 3.05) is 0 Å². The molecule has 0 saturated heterocycles. The van der Waals surface area contributed by atoms with Crippen LogP contribution in [0.5, 0.6) is 0 Å². The largest absolute Gasteiger partial charge is 0.448 e. The van der Waals surface area contributed by atoms with Crippen LogP contribution < -0.4 is 5.73 Å². The number of nitrogens with two attached hydrogens (primary N) is 1. The summed E-state index contributed by atoms with van der Waals surface area (Å²) in [5, 5.41) is 0.375. The van der Waals surface area contributed by atoms with Crippen LogP contribution in [0.1, 0.15) is 36.3 Å². The van der Waals surface area contributed by atoms with Crippen molar-refractivity contribution in [2.45, 2.75) is 25.8 Å². The van der Waals surface area contributed by atoms with E-state index in [1.165, 1.54) is 5.56 Å². The second-order valence-corrected chi connectivity index (χ2v) is 4.49. The smallest absolute Gasteiger partial charge is 0.193 e. The number of aryl methyl sites for hydroxylation is 1. The van der Waals surface area contributed by atoms with Crippen molar-refractivity contribution in [3.05, 3.63) is 58.5 Å². The van der Waals surface area contributed by atoms with E-state index in [-0.39, 0.29) is 6.04 Å². The molecule has 2 rings (SSSR count). The maximum absolute atomic E-state index is 6.14. The molecule has 1 unspecified atom stereocenters. The van der Waals surface area contributed by atoms with E-state index in [9.17, 15) is 0 Å². The third kappa shape index (κ3) is 2.90. The van der Waals surface area contributed by atoms with Crippen molar-refractivity contribution < 1.29 is 4.42 Å². The lowest BCUT2D eigenvalue weighted by molar-refractivity contribution is 0.491. The van der Waals surface area contributed by atoms with Gasteiger partial charge in [0.25, 0.3) is 0 Å². The SMILES string of the molecule is CCCc1cccc(C(N)c2ccc(Cl)o2)c1. The monoisotopic (exact) mass is 249 g/mol. The van der Waals surface area contributed by atoms with Gasteiger partial charge < -0.3 is 10.2 Å². The molecule has 0 aliphatic heterocycles. The summed E-state index contributed by atoms with van der Waals surface area (Å²) in [5.74, 6) is 0.698. The molecule has 2 nitrogen and oxygen atoms in total. The molecule has 1 atom stereocenters. The summed E-state index contributed by atoms with van der Waals surface area (Å²) < 4.78 is 5.34. The van der Waals surface area contributed by atoms with Gasteiger partial charge in [0, 0.05) is 0 Å². The first-order valence-corrected chi connectivity index (χ1v) is 6.18. The number of halogens is 1.